The molecule has 0 fully saturated rings. The second kappa shape index (κ2) is 11.0. The number of amides is 1. The fourth-order valence-corrected chi connectivity index (χ4v) is 5.86. The van der Waals surface area contributed by atoms with Crippen LogP contribution in [0.1, 0.15) is 36.4 Å². The lowest BCUT2D eigenvalue weighted by Gasteiger charge is -2.26. The first kappa shape index (κ1) is 24.1. The first-order valence-electron chi connectivity index (χ1n) is 11.6. The van der Waals surface area contributed by atoms with E-state index in [1.807, 2.05) is 48.5 Å². The van der Waals surface area contributed by atoms with Crippen molar-refractivity contribution in [2.24, 2.45) is 0 Å². The molecule has 2 heterocycles. The minimum atomic E-state index is -0.500. The number of nitrogens with one attached hydrogen (secondary N) is 1. The number of rotatable bonds is 7. The Morgan fingerprint density at radius 3 is 2.58 bits per heavy atom. The number of nitrogen functional groups attached to an aromatic ring is 1. The van der Waals surface area contributed by atoms with Crippen molar-refractivity contribution in [3.05, 3.63) is 88.6 Å². The van der Waals surface area contributed by atoms with Crippen LogP contribution in [0.15, 0.2) is 81.8 Å². The average Bonchev–Trinajstić information content (AvgIpc) is 3.51. The van der Waals surface area contributed by atoms with Crippen molar-refractivity contribution in [2.45, 2.75) is 29.6 Å². The van der Waals surface area contributed by atoms with Crippen molar-refractivity contribution in [1.82, 2.24) is 20.6 Å². The van der Waals surface area contributed by atoms with Crippen LogP contribution >= 0.6 is 23.1 Å². The molecule has 10 heteroatoms. The Labute approximate surface area is 217 Å². The van der Waals surface area contributed by atoms with E-state index >= 15 is 0 Å². The van der Waals surface area contributed by atoms with Crippen molar-refractivity contribution >= 4 is 46.2 Å². The summed E-state index contributed by atoms with van der Waals surface area (Å²) < 4.78 is 5.89. The summed E-state index contributed by atoms with van der Waals surface area (Å²) in [4.78, 5) is 25.6. The van der Waals surface area contributed by atoms with Crippen LogP contribution in [0.5, 0.6) is 0 Å². The quantitative estimate of drug-likeness (QED) is 0.350. The number of carbonyl (C=O) groups is 2. The first-order valence-corrected chi connectivity index (χ1v) is 13.4. The van der Waals surface area contributed by atoms with Crippen LogP contribution in [0.25, 0.3) is 6.08 Å². The molecule has 0 radical (unpaired) electrons. The molecule has 36 heavy (non-hydrogen) atoms. The molecule has 1 aliphatic heterocycles. The van der Waals surface area contributed by atoms with Gasteiger partial charge in [-0.15, -0.1) is 10.2 Å². The van der Waals surface area contributed by atoms with Crippen LogP contribution in [0.2, 0.25) is 0 Å². The summed E-state index contributed by atoms with van der Waals surface area (Å²) in [5.74, 6) is -0.785. The summed E-state index contributed by atoms with van der Waals surface area (Å²) in [6, 6.07) is 19.9. The number of anilines is 1. The minimum Gasteiger partial charge on any atom is -0.455 e. The van der Waals surface area contributed by atoms with E-state index in [4.69, 9.17) is 10.5 Å². The van der Waals surface area contributed by atoms with E-state index in [0.717, 1.165) is 36.1 Å². The molecule has 0 unspecified atom stereocenters. The Hall–Kier alpha value is -3.63. The lowest BCUT2D eigenvalue weighted by molar-refractivity contribution is -0.151. The number of hydrazine groups is 1. The number of aromatic nitrogens is 2. The van der Waals surface area contributed by atoms with E-state index in [2.05, 4.69) is 33.8 Å². The van der Waals surface area contributed by atoms with Gasteiger partial charge in [-0.1, -0.05) is 83.8 Å². The molecule has 5 rings (SSSR count). The normalized spacial score (nSPS) is 18.2. The molecule has 1 amide bonds. The Balaban J connectivity index is 1.32. The highest BCUT2D eigenvalue weighted by Crippen LogP contribution is 2.43. The van der Waals surface area contributed by atoms with Gasteiger partial charge in [-0.3, -0.25) is 15.0 Å². The zero-order valence-corrected chi connectivity index (χ0v) is 21.1. The summed E-state index contributed by atoms with van der Waals surface area (Å²) in [5.41, 5.74) is 14.4. The number of benzene rings is 2. The van der Waals surface area contributed by atoms with Crippen molar-refractivity contribution in [3.63, 3.8) is 0 Å². The number of esters is 1. The average molecular weight is 520 g/mol. The second-order valence-electron chi connectivity index (χ2n) is 8.38. The highest BCUT2D eigenvalue weighted by molar-refractivity contribution is 8.01. The lowest BCUT2D eigenvalue weighted by atomic mass is 9.86. The van der Waals surface area contributed by atoms with Crippen molar-refractivity contribution in [3.8, 4) is 0 Å². The molecule has 0 spiro atoms. The highest BCUT2D eigenvalue weighted by Gasteiger charge is 2.39. The van der Waals surface area contributed by atoms with Crippen molar-refractivity contribution in [1.29, 1.82) is 0 Å². The van der Waals surface area contributed by atoms with Crippen LogP contribution in [0.3, 0.4) is 0 Å². The molecule has 1 aromatic heterocycles. The number of ether oxygens (including phenoxy) is 1. The predicted molar refractivity (Wildman–Crippen MR) is 140 cm³/mol. The zero-order chi connectivity index (χ0) is 24.9. The van der Waals surface area contributed by atoms with Gasteiger partial charge in [0.1, 0.15) is 6.04 Å². The van der Waals surface area contributed by atoms with Gasteiger partial charge in [-0.25, -0.2) is 5.01 Å². The monoisotopic (exact) mass is 519 g/mol. The number of thioether (sulfide) groups is 1. The van der Waals surface area contributed by atoms with Gasteiger partial charge >= 0.3 is 5.97 Å². The molecule has 1 atom stereocenters. The maximum atomic E-state index is 13.3. The molecule has 2 aliphatic rings. The van der Waals surface area contributed by atoms with E-state index in [0.29, 0.717) is 9.47 Å². The van der Waals surface area contributed by atoms with E-state index < -0.39 is 5.97 Å². The van der Waals surface area contributed by atoms with Gasteiger partial charge < -0.3 is 10.5 Å². The van der Waals surface area contributed by atoms with Gasteiger partial charge in [0.2, 0.25) is 5.13 Å². The standard InChI is InChI=1S/C26H25N5O3S2/c27-25-28-29-26(36-25)35-16-22(33)34-15-21(32)31-24(18-10-5-2-6-11-18)20-13-7-12-19(23(20)30-31)14-17-8-3-1-4-9-17/h1-6,8-11,14,24,30H,7,12-13,15-16H2,(H2,27,28)/b19-14+/t24-/m0/s1. The lowest BCUT2D eigenvalue weighted by Crippen LogP contribution is -2.42. The van der Waals surface area contributed by atoms with Crippen LogP contribution in [-0.4, -0.2) is 39.4 Å². The fourth-order valence-electron chi connectivity index (χ4n) is 4.42. The highest BCUT2D eigenvalue weighted by atomic mass is 32.2. The Kier molecular flexibility index (Phi) is 7.33. The molecule has 0 bridgehead atoms. The molecule has 3 aromatic rings. The van der Waals surface area contributed by atoms with E-state index in [1.165, 1.54) is 34.2 Å². The maximum Gasteiger partial charge on any atom is 0.316 e. The van der Waals surface area contributed by atoms with Gasteiger partial charge in [0, 0.05) is 0 Å². The number of carbonyl (C=O) groups excluding carboxylic acids is 2. The van der Waals surface area contributed by atoms with E-state index in [-0.39, 0.29) is 24.3 Å². The van der Waals surface area contributed by atoms with Gasteiger partial charge in [-0.2, -0.15) is 0 Å². The minimum absolute atomic E-state index is 0.0240. The smallest absolute Gasteiger partial charge is 0.316 e. The number of hydrogen-bond donors (Lipinski definition) is 2. The maximum absolute atomic E-state index is 13.3. The Bertz CT molecular complexity index is 1310. The Morgan fingerprint density at radius 2 is 1.86 bits per heavy atom. The van der Waals surface area contributed by atoms with E-state index in [9.17, 15) is 9.59 Å². The summed E-state index contributed by atoms with van der Waals surface area (Å²) in [5, 5.41) is 9.54. The molecule has 3 N–H and O–H groups in total. The van der Waals surface area contributed by atoms with Crippen LogP contribution in [0.4, 0.5) is 5.13 Å². The molecule has 8 nitrogen and oxygen atoms in total. The molecule has 0 saturated carbocycles. The SMILES string of the molecule is Nc1nnc(SCC(=O)OCC(=O)N2NC3=C(CCC/C3=C\c3ccccc3)[C@@H]2c2ccccc2)s1. The third-order valence-corrected chi connectivity index (χ3v) is 7.83. The third kappa shape index (κ3) is 5.44. The number of allylic oxidation sites excluding steroid dienone is 1. The molecule has 2 aromatic carbocycles. The van der Waals surface area contributed by atoms with Gasteiger partial charge in [0.05, 0.1) is 11.4 Å². The largest absolute Gasteiger partial charge is 0.455 e. The fraction of sp³-hybridized carbons (Fsp3) is 0.231. The molecule has 0 saturated heterocycles. The number of hydrogen-bond acceptors (Lipinski definition) is 9. The molecular formula is C26H25N5O3S2. The summed E-state index contributed by atoms with van der Waals surface area (Å²) in [6.07, 6.45) is 4.99. The molecular weight excluding hydrogens is 494 g/mol. The van der Waals surface area contributed by atoms with Crippen molar-refractivity contribution < 1.29 is 14.3 Å². The van der Waals surface area contributed by atoms with Crippen molar-refractivity contribution in [2.75, 3.05) is 18.1 Å². The van der Waals surface area contributed by atoms with Gasteiger partial charge in [0.25, 0.3) is 5.91 Å². The third-order valence-electron chi connectivity index (χ3n) is 5.97. The summed E-state index contributed by atoms with van der Waals surface area (Å²) >= 11 is 2.38. The second-order valence-corrected chi connectivity index (χ2v) is 10.6. The van der Waals surface area contributed by atoms with Crippen LogP contribution < -0.4 is 11.2 Å². The summed E-state index contributed by atoms with van der Waals surface area (Å²) in [6.45, 7) is -0.355. The zero-order valence-electron chi connectivity index (χ0n) is 19.4. The number of nitrogens with two attached hydrogens (primary N) is 1. The van der Waals surface area contributed by atoms with Crippen LogP contribution in [-0.2, 0) is 14.3 Å². The summed E-state index contributed by atoms with van der Waals surface area (Å²) in [7, 11) is 0. The van der Waals surface area contributed by atoms with E-state index in [1.54, 1.807) is 5.01 Å². The molecule has 1 aliphatic carbocycles. The topological polar surface area (TPSA) is 110 Å². The van der Waals surface area contributed by atoms with Crippen LogP contribution in [0, 0.1) is 0 Å². The predicted octanol–water partition coefficient (Wildman–Crippen LogP) is 4.37. The van der Waals surface area contributed by atoms with Gasteiger partial charge in [-0.05, 0) is 47.6 Å². The van der Waals surface area contributed by atoms with Gasteiger partial charge in [0.15, 0.2) is 10.9 Å². The Morgan fingerprint density at radius 1 is 1.11 bits per heavy atom. The molecule has 184 valence electrons. The number of nitrogens with zero attached hydrogens (tertiary/aromatic N) is 3. The first-order chi connectivity index (χ1) is 17.6.